The van der Waals surface area contributed by atoms with Gasteiger partial charge in [-0.25, -0.2) is 4.39 Å². The number of rotatable bonds is 7. The van der Waals surface area contributed by atoms with Gasteiger partial charge in [0.05, 0.1) is 6.04 Å². The molecule has 0 radical (unpaired) electrons. The van der Waals surface area contributed by atoms with Crippen molar-refractivity contribution in [3.8, 4) is 0 Å². The van der Waals surface area contributed by atoms with Gasteiger partial charge in [-0.3, -0.25) is 4.79 Å². The molecule has 31 heavy (non-hydrogen) atoms. The molecule has 1 aromatic heterocycles. The van der Waals surface area contributed by atoms with Gasteiger partial charge in [0, 0.05) is 36.0 Å². The van der Waals surface area contributed by atoms with E-state index in [2.05, 4.69) is 35.1 Å². The molecule has 0 aliphatic carbocycles. The second-order valence-corrected chi connectivity index (χ2v) is 7.90. The number of benzene rings is 3. The molecule has 3 nitrogen and oxygen atoms in total. The summed E-state index contributed by atoms with van der Waals surface area (Å²) in [4.78, 5) is 13.1. The van der Waals surface area contributed by atoms with Crippen LogP contribution in [0, 0.1) is 5.82 Å². The SMILES string of the molecule is CCn1cc([C@H](CC(=O)N[C@H](C)c2ccccc2)c2ccc(F)cc2)c2ccccc21. The molecule has 0 bridgehead atoms. The lowest BCUT2D eigenvalue weighted by Crippen LogP contribution is -2.28. The van der Waals surface area contributed by atoms with Crippen molar-refractivity contribution >= 4 is 16.8 Å². The van der Waals surface area contributed by atoms with Crippen LogP contribution in [0.4, 0.5) is 4.39 Å². The monoisotopic (exact) mass is 414 g/mol. The molecule has 1 amide bonds. The van der Waals surface area contributed by atoms with Crippen molar-refractivity contribution in [3.05, 3.63) is 108 Å². The van der Waals surface area contributed by atoms with Crippen LogP contribution in [0.3, 0.4) is 0 Å². The quantitative estimate of drug-likeness (QED) is 0.384. The van der Waals surface area contributed by atoms with Gasteiger partial charge < -0.3 is 9.88 Å². The van der Waals surface area contributed by atoms with E-state index in [1.807, 2.05) is 49.4 Å². The predicted molar refractivity (Wildman–Crippen MR) is 123 cm³/mol. The Balaban J connectivity index is 1.68. The van der Waals surface area contributed by atoms with Crippen molar-refractivity contribution in [1.82, 2.24) is 9.88 Å². The molecule has 0 saturated carbocycles. The van der Waals surface area contributed by atoms with Crippen LogP contribution in [0.1, 0.15) is 48.9 Å². The number of nitrogens with one attached hydrogen (secondary N) is 1. The summed E-state index contributed by atoms with van der Waals surface area (Å²) in [6.45, 7) is 4.94. The minimum atomic E-state index is -0.277. The summed E-state index contributed by atoms with van der Waals surface area (Å²) in [7, 11) is 0. The second-order valence-electron chi connectivity index (χ2n) is 7.90. The van der Waals surface area contributed by atoms with Crippen LogP contribution in [0.25, 0.3) is 10.9 Å². The third-order valence-electron chi connectivity index (χ3n) is 5.87. The van der Waals surface area contributed by atoms with E-state index in [9.17, 15) is 9.18 Å². The third-order valence-corrected chi connectivity index (χ3v) is 5.87. The van der Waals surface area contributed by atoms with Gasteiger partial charge >= 0.3 is 0 Å². The number of nitrogens with zero attached hydrogens (tertiary/aromatic N) is 1. The highest BCUT2D eigenvalue weighted by Crippen LogP contribution is 2.35. The topological polar surface area (TPSA) is 34.0 Å². The molecule has 158 valence electrons. The molecule has 2 atom stereocenters. The molecule has 3 aromatic carbocycles. The third kappa shape index (κ3) is 4.53. The highest BCUT2D eigenvalue weighted by atomic mass is 19.1. The Morgan fingerprint density at radius 3 is 2.32 bits per heavy atom. The van der Waals surface area contributed by atoms with Gasteiger partial charge in [0.2, 0.25) is 5.91 Å². The van der Waals surface area contributed by atoms with Crippen LogP contribution in [0.5, 0.6) is 0 Å². The lowest BCUT2D eigenvalue weighted by molar-refractivity contribution is -0.121. The number of para-hydroxylation sites is 1. The van der Waals surface area contributed by atoms with E-state index in [1.165, 1.54) is 12.1 Å². The number of halogens is 1. The van der Waals surface area contributed by atoms with Gasteiger partial charge in [-0.15, -0.1) is 0 Å². The maximum Gasteiger partial charge on any atom is 0.221 e. The first-order valence-corrected chi connectivity index (χ1v) is 10.7. The van der Waals surface area contributed by atoms with Gasteiger partial charge in [0.25, 0.3) is 0 Å². The number of aromatic nitrogens is 1. The van der Waals surface area contributed by atoms with E-state index < -0.39 is 0 Å². The normalized spacial score (nSPS) is 13.1. The zero-order valence-electron chi connectivity index (χ0n) is 17.9. The van der Waals surface area contributed by atoms with Crippen LogP contribution in [0.15, 0.2) is 85.1 Å². The van der Waals surface area contributed by atoms with Crippen molar-refractivity contribution in [2.75, 3.05) is 0 Å². The first-order valence-electron chi connectivity index (χ1n) is 10.7. The molecule has 4 heteroatoms. The fraction of sp³-hybridized carbons (Fsp3) is 0.222. The standard InChI is InChI=1S/C27H27FN2O/c1-3-30-18-25(23-11-7-8-12-26(23)30)24(21-13-15-22(28)16-14-21)17-27(31)29-19(2)20-9-5-4-6-10-20/h4-16,18-19,24H,3,17H2,1-2H3,(H,29,31)/t19-,24-/m1/s1. The van der Waals surface area contributed by atoms with Crippen molar-refractivity contribution in [1.29, 1.82) is 0 Å². The Bertz CT molecular complexity index is 1170. The molecule has 0 aliphatic rings. The van der Waals surface area contributed by atoms with Gasteiger partial charge in [0.15, 0.2) is 0 Å². The fourth-order valence-electron chi connectivity index (χ4n) is 4.23. The van der Waals surface area contributed by atoms with E-state index in [0.717, 1.165) is 34.1 Å². The number of hydrogen-bond donors (Lipinski definition) is 1. The Labute approximate surface area is 182 Å². The molecule has 1 heterocycles. The highest BCUT2D eigenvalue weighted by molar-refractivity contribution is 5.86. The van der Waals surface area contributed by atoms with Gasteiger partial charge in [0.1, 0.15) is 5.82 Å². The van der Waals surface area contributed by atoms with Crippen molar-refractivity contribution in [2.45, 2.75) is 38.8 Å². The van der Waals surface area contributed by atoms with Crippen molar-refractivity contribution < 1.29 is 9.18 Å². The number of amides is 1. The molecular weight excluding hydrogens is 387 g/mol. The van der Waals surface area contributed by atoms with Gasteiger partial charge in [-0.2, -0.15) is 0 Å². The van der Waals surface area contributed by atoms with E-state index in [4.69, 9.17) is 0 Å². The summed E-state index contributed by atoms with van der Waals surface area (Å²) in [5.74, 6) is -0.471. The number of hydrogen-bond acceptors (Lipinski definition) is 1. The molecule has 0 aliphatic heterocycles. The second kappa shape index (κ2) is 9.17. The molecule has 4 aromatic rings. The molecule has 0 spiro atoms. The summed E-state index contributed by atoms with van der Waals surface area (Å²) in [5, 5.41) is 4.25. The van der Waals surface area contributed by atoms with Gasteiger partial charge in [-0.1, -0.05) is 60.7 Å². The zero-order chi connectivity index (χ0) is 21.8. The fourth-order valence-corrected chi connectivity index (χ4v) is 4.23. The summed E-state index contributed by atoms with van der Waals surface area (Å²) >= 11 is 0. The maximum atomic E-state index is 13.6. The van der Waals surface area contributed by atoms with E-state index in [-0.39, 0.29) is 23.7 Å². The molecule has 0 fully saturated rings. The van der Waals surface area contributed by atoms with E-state index >= 15 is 0 Å². The van der Waals surface area contributed by atoms with Crippen LogP contribution in [-0.2, 0) is 11.3 Å². The molecule has 1 N–H and O–H groups in total. The first-order chi connectivity index (χ1) is 15.1. The molecular formula is C27H27FN2O. The minimum Gasteiger partial charge on any atom is -0.350 e. The molecule has 0 saturated heterocycles. The first kappa shape index (κ1) is 20.9. The number of fused-ring (bicyclic) bond motifs is 1. The molecule has 0 unspecified atom stereocenters. The average molecular weight is 415 g/mol. The Hall–Kier alpha value is -3.40. The summed E-state index contributed by atoms with van der Waals surface area (Å²) in [5.41, 5.74) is 4.23. The van der Waals surface area contributed by atoms with Crippen molar-refractivity contribution in [2.24, 2.45) is 0 Å². The maximum absolute atomic E-state index is 13.6. The largest absolute Gasteiger partial charge is 0.350 e. The lowest BCUT2D eigenvalue weighted by atomic mass is 9.88. The smallest absolute Gasteiger partial charge is 0.221 e. The Kier molecular flexibility index (Phi) is 6.17. The summed E-state index contributed by atoms with van der Waals surface area (Å²) in [6.07, 6.45) is 2.42. The average Bonchev–Trinajstić information content (AvgIpc) is 3.17. The van der Waals surface area contributed by atoms with Crippen LogP contribution in [-0.4, -0.2) is 10.5 Å². The number of carbonyl (C=O) groups is 1. The molecule has 4 rings (SSSR count). The Morgan fingerprint density at radius 2 is 1.61 bits per heavy atom. The number of aryl methyl sites for hydroxylation is 1. The number of carbonyl (C=O) groups excluding carboxylic acids is 1. The van der Waals surface area contributed by atoms with Gasteiger partial charge in [-0.05, 0) is 48.7 Å². The zero-order valence-corrected chi connectivity index (χ0v) is 17.9. The van der Waals surface area contributed by atoms with Crippen LogP contribution >= 0.6 is 0 Å². The van der Waals surface area contributed by atoms with E-state index in [1.54, 1.807) is 12.1 Å². The van der Waals surface area contributed by atoms with E-state index in [0.29, 0.717) is 6.42 Å². The summed E-state index contributed by atoms with van der Waals surface area (Å²) in [6, 6.07) is 24.6. The van der Waals surface area contributed by atoms with Crippen LogP contribution < -0.4 is 5.32 Å². The van der Waals surface area contributed by atoms with Crippen LogP contribution in [0.2, 0.25) is 0 Å². The predicted octanol–water partition coefficient (Wildman–Crippen LogP) is 6.20. The summed E-state index contributed by atoms with van der Waals surface area (Å²) < 4.78 is 15.8. The van der Waals surface area contributed by atoms with Crippen molar-refractivity contribution in [3.63, 3.8) is 0 Å². The minimum absolute atomic E-state index is 0.0287. The highest BCUT2D eigenvalue weighted by Gasteiger charge is 2.23. The lowest BCUT2D eigenvalue weighted by Gasteiger charge is -2.20. The Morgan fingerprint density at radius 1 is 0.935 bits per heavy atom.